The number of carboxylic acids is 1. The highest BCUT2D eigenvalue weighted by Crippen LogP contribution is 2.30. The third kappa shape index (κ3) is 8.01. The number of hydrogen-bond donors (Lipinski definition) is 2. The summed E-state index contributed by atoms with van der Waals surface area (Å²) in [7, 11) is 1.56. The number of carboxylic acid groups (broad SMARTS) is 1. The zero-order chi connectivity index (χ0) is 31.5. The van der Waals surface area contributed by atoms with E-state index in [1.165, 1.54) is 11.0 Å². The second-order valence-electron chi connectivity index (χ2n) is 9.97. The van der Waals surface area contributed by atoms with Gasteiger partial charge in [-0.25, -0.2) is 4.39 Å². The van der Waals surface area contributed by atoms with Crippen molar-refractivity contribution in [2.24, 2.45) is 0 Å². The monoisotopic (exact) mass is 598 g/mol. The maximum Gasteiger partial charge on any atom is 0.305 e. The Bertz CT molecular complexity index is 1620. The Kier molecular flexibility index (Phi) is 11.1. The fourth-order valence-corrected chi connectivity index (χ4v) is 4.86. The Morgan fingerprint density at radius 1 is 0.841 bits per heavy atom. The van der Waals surface area contributed by atoms with E-state index in [1.807, 2.05) is 19.1 Å². The fourth-order valence-electron chi connectivity index (χ4n) is 4.86. The number of benzene rings is 4. The highest BCUT2D eigenvalue weighted by Gasteiger charge is 2.23. The van der Waals surface area contributed by atoms with Gasteiger partial charge in [0.25, 0.3) is 11.8 Å². The van der Waals surface area contributed by atoms with E-state index in [4.69, 9.17) is 9.47 Å². The Balaban J connectivity index is 1.60. The third-order valence-electron chi connectivity index (χ3n) is 7.10. The van der Waals surface area contributed by atoms with Gasteiger partial charge in [0.2, 0.25) is 0 Å². The van der Waals surface area contributed by atoms with E-state index in [-0.39, 0.29) is 32.0 Å². The lowest BCUT2D eigenvalue weighted by Gasteiger charge is -2.24. The average molecular weight is 599 g/mol. The third-order valence-corrected chi connectivity index (χ3v) is 7.10. The summed E-state index contributed by atoms with van der Waals surface area (Å²) in [6, 6.07) is 25.6. The van der Waals surface area contributed by atoms with Crippen molar-refractivity contribution in [2.45, 2.75) is 26.3 Å². The van der Waals surface area contributed by atoms with Crippen LogP contribution in [0.4, 0.5) is 4.39 Å². The first-order valence-electron chi connectivity index (χ1n) is 14.3. The molecule has 4 rings (SSSR count). The predicted octanol–water partition coefficient (Wildman–Crippen LogP) is 5.99. The number of aliphatic carboxylic acids is 1. The lowest BCUT2D eigenvalue weighted by molar-refractivity contribution is -0.137. The van der Waals surface area contributed by atoms with E-state index in [2.05, 4.69) is 5.32 Å². The second-order valence-corrected chi connectivity index (χ2v) is 9.97. The van der Waals surface area contributed by atoms with Crippen LogP contribution in [0.15, 0.2) is 91.0 Å². The summed E-state index contributed by atoms with van der Waals surface area (Å²) in [4.78, 5) is 40.3. The largest absolute Gasteiger partial charge is 0.493 e. The minimum atomic E-state index is -1.02. The van der Waals surface area contributed by atoms with Crippen molar-refractivity contribution >= 4 is 17.8 Å². The number of nitrogens with zero attached hydrogens (tertiary/aromatic N) is 1. The molecule has 0 radical (unpaired) electrons. The molecule has 0 atom stereocenters. The molecule has 0 heterocycles. The van der Waals surface area contributed by atoms with Crippen LogP contribution in [0.3, 0.4) is 0 Å². The van der Waals surface area contributed by atoms with Crippen LogP contribution >= 0.6 is 0 Å². The van der Waals surface area contributed by atoms with Crippen LogP contribution in [0, 0.1) is 5.82 Å². The first kappa shape index (κ1) is 31.7. The van der Waals surface area contributed by atoms with Crippen molar-refractivity contribution in [3.63, 3.8) is 0 Å². The van der Waals surface area contributed by atoms with Gasteiger partial charge >= 0.3 is 5.97 Å². The summed E-state index contributed by atoms with van der Waals surface area (Å²) in [6.45, 7) is 2.59. The number of nitrogens with one attached hydrogen (secondary N) is 1. The molecule has 0 aliphatic heterocycles. The van der Waals surface area contributed by atoms with Crippen LogP contribution in [0.25, 0.3) is 11.1 Å². The summed E-state index contributed by atoms with van der Waals surface area (Å²) in [5.41, 5.74) is 2.95. The number of methoxy groups -OCH3 is 1. The number of carbonyl (C=O) groups excluding carboxylic acids is 2. The minimum absolute atomic E-state index is 0.000243. The van der Waals surface area contributed by atoms with E-state index in [0.717, 1.165) is 5.56 Å². The van der Waals surface area contributed by atoms with Crippen molar-refractivity contribution in [3.8, 4) is 22.6 Å². The first-order valence-corrected chi connectivity index (χ1v) is 14.3. The van der Waals surface area contributed by atoms with E-state index in [9.17, 15) is 23.9 Å². The average Bonchev–Trinajstić information content (AvgIpc) is 3.04. The van der Waals surface area contributed by atoms with Gasteiger partial charge in [-0.3, -0.25) is 14.4 Å². The molecule has 8 nitrogen and oxygen atoms in total. The molecule has 0 aliphatic carbocycles. The molecule has 4 aromatic carbocycles. The molecule has 0 unspecified atom stereocenters. The summed E-state index contributed by atoms with van der Waals surface area (Å²) in [5.74, 6) is -1.02. The maximum atomic E-state index is 14.1. The van der Waals surface area contributed by atoms with Crippen LogP contribution in [0.2, 0.25) is 0 Å². The number of carbonyl (C=O) groups is 3. The van der Waals surface area contributed by atoms with Gasteiger partial charge in [-0.05, 0) is 60.4 Å². The molecule has 0 saturated carbocycles. The molecular weight excluding hydrogens is 563 g/mol. The van der Waals surface area contributed by atoms with Gasteiger partial charge in [0, 0.05) is 36.3 Å². The summed E-state index contributed by atoms with van der Waals surface area (Å²) < 4.78 is 25.2. The Hall–Kier alpha value is -5.18. The summed E-state index contributed by atoms with van der Waals surface area (Å²) in [6.07, 6.45) is 0.225. The highest BCUT2D eigenvalue weighted by molar-refractivity contribution is 6.06. The molecule has 228 valence electrons. The van der Waals surface area contributed by atoms with Gasteiger partial charge in [0.15, 0.2) is 11.5 Å². The molecule has 0 spiro atoms. The Labute approximate surface area is 256 Å². The SMILES string of the molecule is CCOc1cc(CCN(CCC(=O)O)C(=O)c2ccccc2-c2ccccc2C(=O)NCc2ccccc2F)ccc1OC. The standard InChI is InChI=1S/C35H35FN2O6/c1-3-44-32-22-24(16-17-31(32)43-2)18-20-38(21-19-33(39)40)35(42)29-14-8-6-12-27(29)26-11-5-7-13-28(26)34(41)37-23-25-10-4-9-15-30(25)36/h4-17,22H,3,18-21,23H2,1-2H3,(H,37,41)(H,39,40). The molecule has 2 amide bonds. The Morgan fingerprint density at radius 3 is 2.18 bits per heavy atom. The first-order chi connectivity index (χ1) is 21.3. The predicted molar refractivity (Wildman–Crippen MR) is 165 cm³/mol. The lowest BCUT2D eigenvalue weighted by atomic mass is 9.94. The van der Waals surface area contributed by atoms with Crippen LogP contribution in [-0.2, 0) is 17.8 Å². The van der Waals surface area contributed by atoms with E-state index in [0.29, 0.717) is 52.3 Å². The van der Waals surface area contributed by atoms with Crippen molar-refractivity contribution in [1.29, 1.82) is 0 Å². The van der Waals surface area contributed by atoms with Crippen molar-refractivity contribution in [1.82, 2.24) is 10.2 Å². The topological polar surface area (TPSA) is 105 Å². The molecule has 0 bridgehead atoms. The van der Waals surface area contributed by atoms with Crippen LogP contribution in [0.1, 0.15) is 45.2 Å². The molecule has 4 aromatic rings. The van der Waals surface area contributed by atoms with Gasteiger partial charge in [0.05, 0.1) is 20.1 Å². The van der Waals surface area contributed by atoms with Gasteiger partial charge in [0.1, 0.15) is 5.82 Å². The number of ether oxygens (including phenoxy) is 2. The molecule has 0 aliphatic rings. The van der Waals surface area contributed by atoms with Gasteiger partial charge in [-0.2, -0.15) is 0 Å². The lowest BCUT2D eigenvalue weighted by Crippen LogP contribution is -2.35. The molecule has 44 heavy (non-hydrogen) atoms. The van der Waals surface area contributed by atoms with Crippen LogP contribution < -0.4 is 14.8 Å². The maximum absolute atomic E-state index is 14.1. The highest BCUT2D eigenvalue weighted by atomic mass is 19.1. The zero-order valence-corrected chi connectivity index (χ0v) is 24.7. The number of rotatable bonds is 14. The minimum Gasteiger partial charge on any atom is -0.493 e. The van der Waals surface area contributed by atoms with E-state index >= 15 is 0 Å². The quantitative estimate of drug-likeness (QED) is 0.185. The van der Waals surface area contributed by atoms with Crippen molar-refractivity contribution in [2.75, 3.05) is 26.8 Å². The van der Waals surface area contributed by atoms with Gasteiger partial charge in [-0.1, -0.05) is 60.7 Å². The molecule has 2 N–H and O–H groups in total. The molecule has 0 fully saturated rings. The molecule has 0 saturated heterocycles. The fraction of sp³-hybridized carbons (Fsp3) is 0.229. The van der Waals surface area contributed by atoms with Gasteiger partial charge < -0.3 is 24.8 Å². The number of hydrogen-bond acceptors (Lipinski definition) is 5. The Morgan fingerprint density at radius 2 is 1.50 bits per heavy atom. The second kappa shape index (κ2) is 15.3. The smallest absolute Gasteiger partial charge is 0.305 e. The molecule has 9 heteroatoms. The zero-order valence-electron chi connectivity index (χ0n) is 24.7. The van der Waals surface area contributed by atoms with E-state index < -0.39 is 17.7 Å². The van der Waals surface area contributed by atoms with Crippen LogP contribution in [-0.4, -0.2) is 54.6 Å². The summed E-state index contributed by atoms with van der Waals surface area (Å²) >= 11 is 0. The summed E-state index contributed by atoms with van der Waals surface area (Å²) in [5, 5.41) is 12.2. The number of halogens is 1. The van der Waals surface area contributed by atoms with Crippen molar-refractivity contribution < 1.29 is 33.4 Å². The van der Waals surface area contributed by atoms with Crippen molar-refractivity contribution in [3.05, 3.63) is 119 Å². The molecule has 0 aromatic heterocycles. The van der Waals surface area contributed by atoms with E-state index in [1.54, 1.807) is 79.9 Å². The van der Waals surface area contributed by atoms with Crippen LogP contribution in [0.5, 0.6) is 11.5 Å². The normalized spacial score (nSPS) is 10.6. The molecular formula is C35H35FN2O6. The number of amides is 2. The van der Waals surface area contributed by atoms with Gasteiger partial charge in [-0.15, -0.1) is 0 Å².